The fourth-order valence-corrected chi connectivity index (χ4v) is 8.78. The number of ether oxygens (including phenoxy) is 3. The van der Waals surface area contributed by atoms with Gasteiger partial charge in [-0.1, -0.05) is 41.4 Å². The molecular weight excluding hydrogens is 674 g/mol. The van der Waals surface area contributed by atoms with Gasteiger partial charge in [-0.15, -0.1) is 0 Å². The van der Waals surface area contributed by atoms with E-state index in [1.165, 1.54) is 4.90 Å². The first-order chi connectivity index (χ1) is 23.7. The molecule has 2 bridgehead atoms. The van der Waals surface area contributed by atoms with Crippen molar-refractivity contribution < 1.29 is 33.3 Å². The standard InChI is InChI=1S/C36H37Cl2FN4O6/c1-20-32(40-7-9-47-10-8-40)16-42(20)24-11-28(37)33(29(38)12-24)35(44)41-15-21-3-2-4-25(34(21)49-19-41)26-14-31(27(36(45)46)13-30(26)39)43-22-5-6-23(43)18-48-17-22/h2-4,11-14,20,22-23,32H,5-10,15-19H2,1H3,(H,45,46)/t20-,22?,23?,32+/m1/s1. The fraction of sp³-hybridized carbons (Fsp3) is 0.444. The number of para-hydroxylation sites is 1. The summed E-state index contributed by atoms with van der Waals surface area (Å²) in [6.07, 6.45) is 1.77. The van der Waals surface area contributed by atoms with Gasteiger partial charge in [0.05, 0.1) is 71.9 Å². The van der Waals surface area contributed by atoms with Gasteiger partial charge in [-0.05, 0) is 44.0 Å². The van der Waals surface area contributed by atoms with Gasteiger partial charge in [0.25, 0.3) is 5.91 Å². The summed E-state index contributed by atoms with van der Waals surface area (Å²) in [5.74, 6) is -1.78. The van der Waals surface area contributed by atoms with Crippen molar-refractivity contribution in [2.75, 3.05) is 62.6 Å². The Morgan fingerprint density at radius 3 is 2.35 bits per heavy atom. The number of morpholine rings is 2. The van der Waals surface area contributed by atoms with Crippen LogP contribution in [0, 0.1) is 5.82 Å². The third kappa shape index (κ3) is 5.69. The average Bonchev–Trinajstić information content (AvgIpc) is 3.33. The Morgan fingerprint density at radius 1 is 0.959 bits per heavy atom. The third-order valence-corrected chi connectivity index (χ3v) is 11.3. The molecule has 8 rings (SSSR count). The molecule has 4 saturated heterocycles. The number of halogens is 3. The summed E-state index contributed by atoms with van der Waals surface area (Å²) in [5.41, 5.74) is 2.87. The molecule has 2 unspecified atom stereocenters. The van der Waals surface area contributed by atoms with Crippen molar-refractivity contribution in [1.82, 2.24) is 9.80 Å². The summed E-state index contributed by atoms with van der Waals surface area (Å²) in [4.78, 5) is 34.4. The van der Waals surface area contributed by atoms with Crippen LogP contribution in [0.1, 0.15) is 46.0 Å². The first kappa shape index (κ1) is 32.6. The summed E-state index contributed by atoms with van der Waals surface area (Å²) >= 11 is 13.5. The number of aromatic carboxylic acids is 1. The van der Waals surface area contributed by atoms with Crippen molar-refractivity contribution in [2.24, 2.45) is 0 Å². The lowest BCUT2D eigenvalue weighted by Crippen LogP contribution is -2.67. The van der Waals surface area contributed by atoms with Crippen LogP contribution in [0.5, 0.6) is 5.75 Å². The van der Waals surface area contributed by atoms with Crippen molar-refractivity contribution in [3.63, 3.8) is 0 Å². The van der Waals surface area contributed by atoms with Crippen molar-refractivity contribution in [3.8, 4) is 16.9 Å². The zero-order valence-corrected chi connectivity index (χ0v) is 28.6. The number of amides is 1. The van der Waals surface area contributed by atoms with E-state index >= 15 is 4.39 Å². The summed E-state index contributed by atoms with van der Waals surface area (Å²) in [7, 11) is 0. The summed E-state index contributed by atoms with van der Waals surface area (Å²) in [6, 6.07) is 12.4. The summed E-state index contributed by atoms with van der Waals surface area (Å²) < 4.78 is 33.1. The summed E-state index contributed by atoms with van der Waals surface area (Å²) in [5, 5.41) is 10.5. The average molecular weight is 712 g/mol. The molecule has 10 nitrogen and oxygen atoms in total. The highest BCUT2D eigenvalue weighted by Gasteiger charge is 2.42. The van der Waals surface area contributed by atoms with Crippen LogP contribution < -0.4 is 14.5 Å². The SMILES string of the molecule is C[C@@H]1[C@@H](N2CCOCC2)CN1c1cc(Cl)c(C(=O)N2COc3c(cccc3-c3cc(N4C5CCC4COC5)c(C(=O)O)cc3F)C2)c(Cl)c1. The van der Waals surface area contributed by atoms with E-state index in [1.807, 2.05) is 6.07 Å². The molecule has 0 aromatic heterocycles. The first-order valence-electron chi connectivity index (χ1n) is 16.7. The predicted molar refractivity (Wildman–Crippen MR) is 184 cm³/mol. The molecule has 49 heavy (non-hydrogen) atoms. The number of hydrogen-bond acceptors (Lipinski definition) is 8. The number of anilines is 2. The molecular formula is C36H37Cl2FN4O6. The highest BCUT2D eigenvalue weighted by atomic mass is 35.5. The van der Waals surface area contributed by atoms with Crippen LogP contribution in [0.4, 0.5) is 15.8 Å². The van der Waals surface area contributed by atoms with Crippen LogP contribution in [0.15, 0.2) is 42.5 Å². The van der Waals surface area contributed by atoms with Crippen LogP contribution in [0.3, 0.4) is 0 Å². The Kier molecular flexibility index (Phi) is 8.60. The van der Waals surface area contributed by atoms with Crippen molar-refractivity contribution in [1.29, 1.82) is 0 Å². The number of carbonyl (C=O) groups is 2. The van der Waals surface area contributed by atoms with Gasteiger partial charge >= 0.3 is 5.97 Å². The van der Waals surface area contributed by atoms with Gasteiger partial charge in [0.2, 0.25) is 0 Å². The molecule has 13 heteroatoms. The topological polar surface area (TPSA) is 95.0 Å². The molecule has 258 valence electrons. The third-order valence-electron chi connectivity index (χ3n) is 10.8. The van der Waals surface area contributed by atoms with Gasteiger partial charge in [-0.2, -0.15) is 0 Å². The number of carboxylic acids is 1. The second-order valence-corrected chi connectivity index (χ2v) is 14.3. The number of hydrogen-bond donors (Lipinski definition) is 1. The number of nitrogens with zero attached hydrogens (tertiary/aromatic N) is 4. The maximum atomic E-state index is 15.7. The molecule has 5 aliphatic rings. The van der Waals surface area contributed by atoms with Gasteiger partial charge in [0.15, 0.2) is 6.73 Å². The van der Waals surface area contributed by atoms with E-state index in [9.17, 15) is 14.7 Å². The van der Waals surface area contributed by atoms with Gasteiger partial charge in [0.1, 0.15) is 11.6 Å². The first-order valence-corrected chi connectivity index (χ1v) is 17.5. The lowest BCUT2D eigenvalue weighted by Gasteiger charge is -2.53. The van der Waals surface area contributed by atoms with Crippen LogP contribution in [0.25, 0.3) is 11.1 Å². The Balaban J connectivity index is 1.03. The van der Waals surface area contributed by atoms with E-state index in [4.69, 9.17) is 37.4 Å². The molecule has 3 aromatic rings. The highest BCUT2D eigenvalue weighted by molar-refractivity contribution is 6.40. The minimum atomic E-state index is -1.19. The van der Waals surface area contributed by atoms with E-state index in [0.717, 1.165) is 57.4 Å². The minimum absolute atomic E-state index is 0.0321. The molecule has 3 aromatic carbocycles. The number of fused-ring (bicyclic) bond motifs is 3. The molecule has 4 fully saturated rings. The second kappa shape index (κ2) is 12.9. The molecule has 1 N–H and O–H groups in total. The maximum Gasteiger partial charge on any atom is 0.337 e. The van der Waals surface area contributed by atoms with Gasteiger partial charge < -0.3 is 34.0 Å². The Morgan fingerprint density at radius 2 is 1.67 bits per heavy atom. The van der Waals surface area contributed by atoms with Crippen LogP contribution in [-0.4, -0.2) is 104 Å². The normalized spacial score (nSPS) is 25.1. The van der Waals surface area contributed by atoms with Crippen molar-refractivity contribution in [2.45, 2.75) is 50.5 Å². The van der Waals surface area contributed by atoms with Crippen LogP contribution in [0.2, 0.25) is 10.0 Å². The number of carbonyl (C=O) groups excluding carboxylic acids is 1. The highest BCUT2D eigenvalue weighted by Crippen LogP contribution is 2.44. The molecule has 5 aliphatic heterocycles. The molecule has 1 amide bonds. The van der Waals surface area contributed by atoms with E-state index in [0.29, 0.717) is 41.8 Å². The zero-order chi connectivity index (χ0) is 34.0. The maximum absolute atomic E-state index is 15.7. The quantitative estimate of drug-likeness (QED) is 0.342. The van der Waals surface area contributed by atoms with E-state index in [2.05, 4.69) is 21.6 Å². The van der Waals surface area contributed by atoms with Gasteiger partial charge in [0, 0.05) is 54.1 Å². The molecule has 0 saturated carbocycles. The van der Waals surface area contributed by atoms with E-state index in [-0.39, 0.29) is 64.0 Å². The lowest BCUT2D eigenvalue weighted by atomic mass is 9.94. The fourth-order valence-electron chi connectivity index (χ4n) is 8.14. The summed E-state index contributed by atoms with van der Waals surface area (Å²) in [6.45, 7) is 7.45. The minimum Gasteiger partial charge on any atom is -0.478 e. The molecule has 5 heterocycles. The molecule has 0 spiro atoms. The van der Waals surface area contributed by atoms with Gasteiger partial charge in [-0.3, -0.25) is 9.69 Å². The molecule has 0 radical (unpaired) electrons. The van der Waals surface area contributed by atoms with Crippen LogP contribution >= 0.6 is 23.2 Å². The lowest BCUT2D eigenvalue weighted by molar-refractivity contribution is 0.000470. The van der Waals surface area contributed by atoms with Gasteiger partial charge in [-0.25, -0.2) is 9.18 Å². The van der Waals surface area contributed by atoms with E-state index < -0.39 is 11.8 Å². The smallest absolute Gasteiger partial charge is 0.337 e. The van der Waals surface area contributed by atoms with Crippen LogP contribution in [-0.2, 0) is 16.0 Å². The zero-order valence-electron chi connectivity index (χ0n) is 27.0. The largest absolute Gasteiger partial charge is 0.478 e. The predicted octanol–water partition coefficient (Wildman–Crippen LogP) is 5.77. The van der Waals surface area contributed by atoms with E-state index in [1.54, 1.807) is 30.3 Å². The second-order valence-electron chi connectivity index (χ2n) is 13.4. The van der Waals surface area contributed by atoms with Crippen molar-refractivity contribution >= 4 is 46.5 Å². The monoisotopic (exact) mass is 710 g/mol. The number of carboxylic acid groups (broad SMARTS) is 1. The Hall–Kier alpha value is -3.61. The Labute approximate surface area is 293 Å². The van der Waals surface area contributed by atoms with Crippen molar-refractivity contribution in [3.05, 3.63) is 75.0 Å². The molecule has 0 aliphatic carbocycles. The Bertz CT molecular complexity index is 1780. The number of benzene rings is 3. The number of rotatable bonds is 6. The molecule has 4 atom stereocenters.